The normalized spacial score (nSPS) is 18.6. The Hall–Kier alpha value is -3.18. The van der Waals surface area contributed by atoms with Crippen molar-refractivity contribution in [3.63, 3.8) is 0 Å². The van der Waals surface area contributed by atoms with E-state index in [1.165, 1.54) is 0 Å². The molecule has 11 heteroatoms. The molecular weight excluding hydrogens is 521 g/mol. The van der Waals surface area contributed by atoms with E-state index in [4.69, 9.17) is 26.1 Å². The average Bonchev–Trinajstić information content (AvgIpc) is 2.96. The predicted molar refractivity (Wildman–Crippen MR) is 150 cm³/mol. The summed E-state index contributed by atoms with van der Waals surface area (Å²) in [5.41, 5.74) is 0.831. The summed E-state index contributed by atoms with van der Waals surface area (Å²) in [7, 11) is 0. The van der Waals surface area contributed by atoms with Crippen LogP contribution in [0.25, 0.3) is 32.9 Å². The van der Waals surface area contributed by atoms with Crippen LogP contribution in [-0.2, 0) is 4.74 Å². The van der Waals surface area contributed by atoms with E-state index in [2.05, 4.69) is 37.0 Å². The maximum absolute atomic E-state index is 16.3. The molecule has 1 N–H and O–H groups in total. The predicted octanol–water partition coefficient (Wildman–Crippen LogP) is 3.93. The largest absolute Gasteiger partial charge is 0.463 e. The van der Waals surface area contributed by atoms with Gasteiger partial charge in [0.1, 0.15) is 17.0 Å². The second-order valence-electron chi connectivity index (χ2n) is 9.96. The number of benzene rings is 1. The minimum Gasteiger partial charge on any atom is -0.463 e. The lowest BCUT2D eigenvalue weighted by molar-refractivity contribution is -0.0194. The standard InChI is InChI=1S/C28H31ClFN7O2/c1-18-17-36(11-13-38-18)8-3-12-39-28-34-26-21(27(35-28)37-9-6-31-7-10-37)16-33-25(24(26)30)20-15-32-14-19-4-2-5-22(29)23(19)20/h2,4-5,14-16,18,31H,3,6-13,17H2,1H3/t18-/m0/s1. The molecule has 2 aliphatic heterocycles. The zero-order valence-electron chi connectivity index (χ0n) is 21.9. The van der Waals surface area contributed by atoms with E-state index in [9.17, 15) is 0 Å². The number of rotatable bonds is 7. The molecule has 0 amide bonds. The first-order valence-electron chi connectivity index (χ1n) is 13.4. The summed E-state index contributed by atoms with van der Waals surface area (Å²) in [4.78, 5) is 22.6. The number of hydrogen-bond acceptors (Lipinski definition) is 9. The zero-order valence-corrected chi connectivity index (χ0v) is 22.6. The molecule has 0 spiro atoms. The fraction of sp³-hybridized carbons (Fsp3) is 0.429. The van der Waals surface area contributed by atoms with Gasteiger partial charge in [0.15, 0.2) is 5.82 Å². The highest BCUT2D eigenvalue weighted by Gasteiger charge is 2.23. The van der Waals surface area contributed by atoms with Crippen LogP contribution in [-0.4, -0.2) is 90.0 Å². The van der Waals surface area contributed by atoms with Gasteiger partial charge < -0.3 is 19.7 Å². The third kappa shape index (κ3) is 5.47. The van der Waals surface area contributed by atoms with Crippen molar-refractivity contribution in [1.29, 1.82) is 0 Å². The van der Waals surface area contributed by atoms with Crippen LogP contribution in [0.3, 0.4) is 0 Å². The zero-order chi connectivity index (χ0) is 26.8. The van der Waals surface area contributed by atoms with E-state index in [-0.39, 0.29) is 23.3 Å². The van der Waals surface area contributed by atoms with Crippen LogP contribution in [0, 0.1) is 5.82 Å². The van der Waals surface area contributed by atoms with E-state index in [0.717, 1.165) is 64.2 Å². The Kier molecular flexibility index (Phi) is 7.69. The quantitative estimate of drug-likeness (QED) is 0.343. The first kappa shape index (κ1) is 26.1. The lowest BCUT2D eigenvalue weighted by Crippen LogP contribution is -2.44. The van der Waals surface area contributed by atoms with Gasteiger partial charge in [-0.05, 0) is 19.4 Å². The van der Waals surface area contributed by atoms with Crippen molar-refractivity contribution in [2.75, 3.05) is 63.9 Å². The number of halogens is 2. The Bertz CT molecular complexity index is 1480. The number of nitrogens with one attached hydrogen (secondary N) is 1. The Morgan fingerprint density at radius 3 is 2.87 bits per heavy atom. The van der Waals surface area contributed by atoms with Gasteiger partial charge in [-0.1, -0.05) is 23.7 Å². The summed E-state index contributed by atoms with van der Waals surface area (Å²) in [6.07, 6.45) is 5.99. The molecule has 0 radical (unpaired) electrons. The van der Waals surface area contributed by atoms with E-state index < -0.39 is 5.82 Å². The van der Waals surface area contributed by atoms with Gasteiger partial charge in [0.25, 0.3) is 0 Å². The number of fused-ring (bicyclic) bond motifs is 2. The minimum atomic E-state index is -0.548. The van der Waals surface area contributed by atoms with Gasteiger partial charge >= 0.3 is 6.01 Å². The Labute approximate surface area is 231 Å². The molecule has 1 aromatic carbocycles. The van der Waals surface area contributed by atoms with Gasteiger partial charge in [0.2, 0.25) is 0 Å². The fourth-order valence-corrected chi connectivity index (χ4v) is 5.59. The molecular formula is C28H31ClFN7O2. The molecule has 9 nitrogen and oxygen atoms in total. The number of piperazine rings is 1. The number of pyridine rings is 2. The van der Waals surface area contributed by atoms with Crippen LogP contribution in [0.2, 0.25) is 5.02 Å². The van der Waals surface area contributed by atoms with Crippen LogP contribution < -0.4 is 15.0 Å². The van der Waals surface area contributed by atoms with E-state index >= 15 is 4.39 Å². The SMILES string of the molecule is C[C@H]1CN(CCCOc2nc(N3CCNCC3)c3cnc(-c4cncc5cccc(Cl)c45)c(F)c3n2)CCO1. The maximum Gasteiger partial charge on any atom is 0.319 e. The number of morpholine rings is 1. The minimum absolute atomic E-state index is 0.144. The molecule has 0 bridgehead atoms. The summed E-state index contributed by atoms with van der Waals surface area (Å²) >= 11 is 6.52. The third-order valence-electron chi connectivity index (χ3n) is 7.22. The van der Waals surface area contributed by atoms with Crippen LogP contribution >= 0.6 is 11.6 Å². The number of ether oxygens (including phenoxy) is 2. The highest BCUT2D eigenvalue weighted by atomic mass is 35.5. The third-order valence-corrected chi connectivity index (χ3v) is 7.54. The first-order chi connectivity index (χ1) is 19.1. The van der Waals surface area contributed by atoms with Gasteiger partial charge in [0, 0.05) is 85.8 Å². The molecule has 4 aromatic rings. The number of aromatic nitrogens is 4. The Morgan fingerprint density at radius 2 is 2.03 bits per heavy atom. The smallest absolute Gasteiger partial charge is 0.319 e. The second-order valence-corrected chi connectivity index (χ2v) is 10.4. The molecule has 204 valence electrons. The van der Waals surface area contributed by atoms with Gasteiger partial charge in [-0.25, -0.2) is 4.39 Å². The topological polar surface area (TPSA) is 88.5 Å². The van der Waals surface area contributed by atoms with E-state index in [1.54, 1.807) is 24.7 Å². The van der Waals surface area contributed by atoms with Gasteiger partial charge in [-0.3, -0.25) is 14.9 Å². The highest BCUT2D eigenvalue weighted by Crippen LogP contribution is 2.36. The fourth-order valence-electron chi connectivity index (χ4n) is 5.31. The summed E-state index contributed by atoms with van der Waals surface area (Å²) < 4.78 is 27.9. The van der Waals surface area contributed by atoms with Crippen LogP contribution in [0.1, 0.15) is 13.3 Å². The van der Waals surface area contributed by atoms with Gasteiger partial charge in [-0.15, -0.1) is 0 Å². The first-order valence-corrected chi connectivity index (χ1v) is 13.8. The molecule has 2 fully saturated rings. The second kappa shape index (κ2) is 11.5. The van der Waals surface area contributed by atoms with Crippen molar-refractivity contribution in [1.82, 2.24) is 30.2 Å². The molecule has 39 heavy (non-hydrogen) atoms. The molecule has 2 saturated heterocycles. The molecule has 6 rings (SSSR count). The monoisotopic (exact) mass is 551 g/mol. The van der Waals surface area contributed by atoms with E-state index in [1.807, 2.05) is 12.1 Å². The Morgan fingerprint density at radius 1 is 1.15 bits per heavy atom. The Balaban J connectivity index is 1.35. The highest BCUT2D eigenvalue weighted by molar-refractivity contribution is 6.36. The number of anilines is 1. The van der Waals surface area contributed by atoms with Crippen molar-refractivity contribution in [3.8, 4) is 17.3 Å². The maximum atomic E-state index is 16.3. The van der Waals surface area contributed by atoms with Crippen LogP contribution in [0.15, 0.2) is 36.8 Å². The number of hydrogen-bond donors (Lipinski definition) is 1. The van der Waals surface area contributed by atoms with Crippen molar-refractivity contribution >= 4 is 39.1 Å². The van der Waals surface area contributed by atoms with Crippen LogP contribution in [0.4, 0.5) is 10.2 Å². The summed E-state index contributed by atoms with van der Waals surface area (Å²) in [5, 5.41) is 5.91. The average molecular weight is 552 g/mol. The number of nitrogens with zero attached hydrogens (tertiary/aromatic N) is 6. The van der Waals surface area contributed by atoms with Crippen molar-refractivity contribution in [3.05, 3.63) is 47.6 Å². The van der Waals surface area contributed by atoms with Crippen LogP contribution in [0.5, 0.6) is 6.01 Å². The lowest BCUT2D eigenvalue weighted by Gasteiger charge is -2.31. The van der Waals surface area contributed by atoms with Crippen molar-refractivity contribution < 1.29 is 13.9 Å². The summed E-state index contributed by atoms with van der Waals surface area (Å²) in [6.45, 7) is 9.09. The molecule has 0 aliphatic carbocycles. The molecule has 2 aliphatic rings. The summed E-state index contributed by atoms with van der Waals surface area (Å²) in [5.74, 6) is 0.0817. The molecule has 3 aromatic heterocycles. The van der Waals surface area contributed by atoms with Crippen molar-refractivity contribution in [2.45, 2.75) is 19.4 Å². The molecule has 1 atom stereocenters. The van der Waals surface area contributed by atoms with Gasteiger partial charge in [0.05, 0.1) is 24.7 Å². The van der Waals surface area contributed by atoms with Gasteiger partial charge in [-0.2, -0.15) is 9.97 Å². The molecule has 0 unspecified atom stereocenters. The molecule has 0 saturated carbocycles. The summed E-state index contributed by atoms with van der Waals surface area (Å²) in [6, 6.07) is 5.68. The molecule has 5 heterocycles. The lowest BCUT2D eigenvalue weighted by atomic mass is 10.0. The van der Waals surface area contributed by atoms with Crippen molar-refractivity contribution in [2.24, 2.45) is 0 Å². The van der Waals surface area contributed by atoms with E-state index in [0.29, 0.717) is 33.8 Å².